The van der Waals surface area contributed by atoms with Gasteiger partial charge in [-0.05, 0) is 45.4 Å². The molecular formula is C12H20BrF3. The Hall–Kier alpha value is 0.270. The van der Waals surface area contributed by atoms with Crippen LogP contribution in [-0.2, 0) is 0 Å². The number of hydrogen-bond donors (Lipinski definition) is 0. The monoisotopic (exact) mass is 300 g/mol. The highest BCUT2D eigenvalue weighted by Gasteiger charge is 2.35. The third kappa shape index (κ3) is 5.55. The minimum atomic E-state index is -2.46. The molecule has 1 saturated carbocycles. The van der Waals surface area contributed by atoms with Gasteiger partial charge in [0.2, 0.25) is 5.92 Å². The van der Waals surface area contributed by atoms with Crippen molar-refractivity contribution in [1.29, 1.82) is 0 Å². The molecule has 1 fully saturated rings. The van der Waals surface area contributed by atoms with Crippen molar-refractivity contribution >= 4 is 15.9 Å². The lowest BCUT2D eigenvalue weighted by Gasteiger charge is -2.30. The van der Waals surface area contributed by atoms with Crippen molar-refractivity contribution in [2.75, 3.05) is 0 Å². The Morgan fingerprint density at radius 3 is 2.25 bits per heavy atom. The third-order valence-electron chi connectivity index (χ3n) is 3.13. The van der Waals surface area contributed by atoms with E-state index in [9.17, 15) is 13.2 Å². The van der Waals surface area contributed by atoms with Gasteiger partial charge in [0, 0.05) is 17.7 Å². The predicted molar refractivity (Wildman–Crippen MR) is 64.0 cm³/mol. The molecule has 0 spiro atoms. The summed E-state index contributed by atoms with van der Waals surface area (Å²) in [5.41, 5.74) is -1.19. The molecule has 0 bridgehead atoms. The first-order valence-electron chi connectivity index (χ1n) is 5.89. The van der Waals surface area contributed by atoms with Gasteiger partial charge in [0.25, 0.3) is 0 Å². The second-order valence-electron chi connectivity index (χ2n) is 5.56. The zero-order valence-corrected chi connectivity index (χ0v) is 11.5. The minimum absolute atomic E-state index is 0.00357. The van der Waals surface area contributed by atoms with Crippen molar-refractivity contribution in [3.8, 4) is 0 Å². The number of alkyl halides is 4. The van der Waals surface area contributed by atoms with Gasteiger partial charge < -0.3 is 0 Å². The van der Waals surface area contributed by atoms with Gasteiger partial charge >= 0.3 is 0 Å². The standard InChI is InChI=1S/C12H20BrF3/c1-11(2,14)8-10(13)7-9-3-5-12(15,16)6-4-9/h9-10H,3-8H2,1-2H3. The molecule has 16 heavy (non-hydrogen) atoms. The van der Waals surface area contributed by atoms with Crippen molar-refractivity contribution in [2.24, 2.45) is 5.92 Å². The van der Waals surface area contributed by atoms with Crippen LogP contribution in [0.5, 0.6) is 0 Å². The molecule has 1 unspecified atom stereocenters. The second kappa shape index (κ2) is 5.28. The zero-order valence-electron chi connectivity index (χ0n) is 9.91. The molecule has 1 aliphatic rings. The van der Waals surface area contributed by atoms with Gasteiger partial charge in [0.15, 0.2) is 0 Å². The molecule has 0 saturated heterocycles. The van der Waals surface area contributed by atoms with Crippen molar-refractivity contribution in [3.05, 3.63) is 0 Å². The predicted octanol–water partition coefficient (Wildman–Crippen LogP) is 5.10. The maximum absolute atomic E-state index is 13.4. The Balaban J connectivity index is 2.28. The summed E-state index contributed by atoms with van der Waals surface area (Å²) in [6, 6.07) is 0. The summed E-state index contributed by atoms with van der Waals surface area (Å²) in [7, 11) is 0. The van der Waals surface area contributed by atoms with Crippen LogP contribution in [0.15, 0.2) is 0 Å². The average molecular weight is 301 g/mol. The first-order valence-corrected chi connectivity index (χ1v) is 6.80. The van der Waals surface area contributed by atoms with Crippen LogP contribution in [0.4, 0.5) is 13.2 Å². The number of halogens is 4. The molecule has 0 amide bonds. The molecule has 0 aromatic carbocycles. The molecule has 96 valence electrons. The SMILES string of the molecule is CC(C)(F)CC(Br)CC1CCC(F)(F)CC1. The van der Waals surface area contributed by atoms with E-state index in [4.69, 9.17) is 0 Å². The molecule has 0 N–H and O–H groups in total. The lowest BCUT2D eigenvalue weighted by Crippen LogP contribution is -2.27. The first-order chi connectivity index (χ1) is 7.18. The Bertz CT molecular complexity index is 213. The van der Waals surface area contributed by atoms with E-state index in [0.717, 1.165) is 6.42 Å². The van der Waals surface area contributed by atoms with Crippen LogP contribution in [0.2, 0.25) is 0 Å². The quantitative estimate of drug-likeness (QED) is 0.633. The zero-order chi connectivity index (χ0) is 12.4. The summed E-state index contributed by atoms with van der Waals surface area (Å²) in [4.78, 5) is 0.101. The third-order valence-corrected chi connectivity index (χ3v) is 3.83. The summed E-state index contributed by atoms with van der Waals surface area (Å²) in [5, 5.41) is 0. The Morgan fingerprint density at radius 2 is 1.81 bits per heavy atom. The summed E-state index contributed by atoms with van der Waals surface area (Å²) in [6.45, 7) is 3.10. The van der Waals surface area contributed by atoms with Gasteiger partial charge in [-0.3, -0.25) is 0 Å². The largest absolute Gasteiger partial charge is 0.248 e. The summed E-state index contributed by atoms with van der Waals surface area (Å²) < 4.78 is 39.2. The fraction of sp³-hybridized carbons (Fsp3) is 1.00. The van der Waals surface area contributed by atoms with Crippen LogP contribution >= 0.6 is 15.9 Å². The van der Waals surface area contributed by atoms with Crippen LogP contribution in [0.25, 0.3) is 0 Å². The van der Waals surface area contributed by atoms with E-state index in [2.05, 4.69) is 15.9 Å². The van der Waals surface area contributed by atoms with Gasteiger partial charge in [0.05, 0.1) is 0 Å². The van der Waals surface area contributed by atoms with Gasteiger partial charge in [-0.25, -0.2) is 13.2 Å². The highest BCUT2D eigenvalue weighted by molar-refractivity contribution is 9.09. The van der Waals surface area contributed by atoms with Gasteiger partial charge in [-0.15, -0.1) is 0 Å². The van der Waals surface area contributed by atoms with Crippen molar-refractivity contribution < 1.29 is 13.2 Å². The molecule has 1 atom stereocenters. The molecule has 1 rings (SSSR count). The highest BCUT2D eigenvalue weighted by atomic mass is 79.9. The van der Waals surface area contributed by atoms with Crippen molar-refractivity contribution in [3.63, 3.8) is 0 Å². The highest BCUT2D eigenvalue weighted by Crippen LogP contribution is 2.39. The molecule has 0 nitrogen and oxygen atoms in total. The van der Waals surface area contributed by atoms with E-state index >= 15 is 0 Å². The normalized spacial score (nSPS) is 24.4. The van der Waals surface area contributed by atoms with Crippen LogP contribution < -0.4 is 0 Å². The van der Waals surface area contributed by atoms with Gasteiger partial charge in [-0.2, -0.15) is 0 Å². The van der Waals surface area contributed by atoms with E-state index in [1.165, 1.54) is 0 Å². The average Bonchev–Trinajstić information content (AvgIpc) is 2.05. The molecule has 0 aromatic heterocycles. The van der Waals surface area contributed by atoms with Gasteiger partial charge in [0.1, 0.15) is 5.67 Å². The summed E-state index contributed by atoms with van der Waals surface area (Å²) in [6.07, 6.45) is 2.39. The Kier molecular flexibility index (Phi) is 4.73. The number of hydrogen-bond acceptors (Lipinski definition) is 0. The molecule has 1 aliphatic carbocycles. The maximum Gasteiger partial charge on any atom is 0.248 e. The fourth-order valence-corrected chi connectivity index (χ4v) is 3.61. The molecule has 0 aromatic rings. The molecule has 4 heteroatoms. The van der Waals surface area contributed by atoms with Gasteiger partial charge in [-0.1, -0.05) is 15.9 Å². The topological polar surface area (TPSA) is 0 Å². The second-order valence-corrected chi connectivity index (χ2v) is 6.85. The lowest BCUT2D eigenvalue weighted by atomic mass is 9.83. The first kappa shape index (κ1) is 14.3. The number of rotatable bonds is 4. The molecule has 0 heterocycles. The molecule has 0 radical (unpaired) electrons. The van der Waals surface area contributed by atoms with Crippen molar-refractivity contribution in [1.82, 2.24) is 0 Å². The summed E-state index contributed by atoms with van der Waals surface area (Å²) >= 11 is 3.45. The molecular weight excluding hydrogens is 281 g/mol. The van der Waals surface area contributed by atoms with Crippen LogP contribution in [0, 0.1) is 5.92 Å². The smallest absolute Gasteiger partial charge is 0.244 e. The summed E-state index contributed by atoms with van der Waals surface area (Å²) in [5.74, 6) is -2.14. The van der Waals surface area contributed by atoms with Crippen LogP contribution in [0.3, 0.4) is 0 Å². The van der Waals surface area contributed by atoms with Crippen LogP contribution in [-0.4, -0.2) is 16.4 Å². The minimum Gasteiger partial charge on any atom is -0.244 e. The Morgan fingerprint density at radius 1 is 1.31 bits per heavy atom. The van der Waals surface area contributed by atoms with E-state index in [0.29, 0.717) is 25.2 Å². The van der Waals surface area contributed by atoms with E-state index < -0.39 is 11.6 Å². The van der Waals surface area contributed by atoms with E-state index in [1.807, 2.05) is 0 Å². The van der Waals surface area contributed by atoms with E-state index in [-0.39, 0.29) is 17.7 Å². The molecule has 0 aliphatic heterocycles. The van der Waals surface area contributed by atoms with Crippen LogP contribution in [0.1, 0.15) is 52.4 Å². The Labute approximate surface area is 104 Å². The van der Waals surface area contributed by atoms with E-state index in [1.54, 1.807) is 13.8 Å². The lowest BCUT2D eigenvalue weighted by molar-refractivity contribution is -0.0467. The maximum atomic E-state index is 13.4. The fourth-order valence-electron chi connectivity index (χ4n) is 2.31. The van der Waals surface area contributed by atoms with Crippen molar-refractivity contribution in [2.45, 2.75) is 68.8 Å².